The van der Waals surface area contributed by atoms with Gasteiger partial charge in [-0.15, -0.1) is 0 Å². The van der Waals surface area contributed by atoms with Crippen LogP contribution in [-0.2, 0) is 0 Å². The molecule has 0 aromatic heterocycles. The van der Waals surface area contributed by atoms with Crippen molar-refractivity contribution in [3.8, 4) is 11.5 Å². The summed E-state index contributed by atoms with van der Waals surface area (Å²) in [5.74, 6) is 1.75. The molecule has 12 heavy (non-hydrogen) atoms. The van der Waals surface area contributed by atoms with E-state index in [1.807, 2.05) is 6.07 Å². The summed E-state index contributed by atoms with van der Waals surface area (Å²) in [6.45, 7) is 0. The molecule has 0 saturated heterocycles. The summed E-state index contributed by atoms with van der Waals surface area (Å²) < 4.78 is 11.6. The zero-order chi connectivity index (χ0) is 8.97. The Morgan fingerprint density at radius 3 is 1.92 bits per heavy atom. The second kappa shape index (κ2) is 5.11. The standard InChI is InChI=1S/C8H9I2O2/c1-11-7-3-6(10-9)4-8(5-7)12-2/h3-5H,1-2H3/q-1. The Hall–Kier alpha value is 0.280. The van der Waals surface area contributed by atoms with Gasteiger partial charge in [-0.1, -0.05) is 0 Å². The average molecular weight is 391 g/mol. The first-order chi connectivity index (χ1) is 5.80. The molecule has 0 atom stereocenters. The molecule has 68 valence electrons. The van der Waals surface area contributed by atoms with Crippen LogP contribution in [0.4, 0.5) is 0 Å². The molecule has 0 radical (unpaired) electrons. The van der Waals surface area contributed by atoms with E-state index in [1.165, 1.54) is 3.57 Å². The number of halogens is 2. The predicted octanol–water partition coefficient (Wildman–Crippen LogP) is -0.688. The minimum atomic E-state index is 0.0736. The molecule has 0 aliphatic rings. The van der Waals surface area contributed by atoms with Crippen LogP contribution in [-0.4, -0.2) is 14.2 Å². The van der Waals surface area contributed by atoms with Crippen LogP contribution in [0.15, 0.2) is 18.2 Å². The van der Waals surface area contributed by atoms with Crippen molar-refractivity contribution in [1.29, 1.82) is 0 Å². The summed E-state index contributed by atoms with van der Waals surface area (Å²) in [5.41, 5.74) is 0. The molecule has 1 rings (SSSR count). The Morgan fingerprint density at radius 1 is 1.08 bits per heavy atom. The van der Waals surface area contributed by atoms with Crippen LogP contribution in [0.25, 0.3) is 0 Å². The first kappa shape index (κ1) is 10.4. The normalized spacial score (nSPS) is 9.92. The third-order valence-corrected chi connectivity index (χ3v) is 5.65. The summed E-state index contributed by atoms with van der Waals surface area (Å²) >= 11 is 2.49. The molecule has 1 aromatic rings. The summed E-state index contributed by atoms with van der Waals surface area (Å²) in [6, 6.07) is 6.00. The maximum absolute atomic E-state index is 5.13. The van der Waals surface area contributed by atoms with Crippen molar-refractivity contribution in [2.75, 3.05) is 14.2 Å². The van der Waals surface area contributed by atoms with Gasteiger partial charge >= 0.3 is 92.8 Å². The molecule has 0 saturated carbocycles. The monoisotopic (exact) mass is 391 g/mol. The fraction of sp³-hybridized carbons (Fsp3) is 0.250. The predicted molar refractivity (Wildman–Crippen MR) is 52.3 cm³/mol. The molecule has 0 N–H and O–H groups in total. The van der Waals surface area contributed by atoms with Crippen molar-refractivity contribution in [2.24, 2.45) is 0 Å². The number of methoxy groups -OCH3 is 2. The Kier molecular flexibility index (Phi) is 4.41. The van der Waals surface area contributed by atoms with Crippen LogP contribution in [0.5, 0.6) is 11.5 Å². The molecule has 0 aliphatic heterocycles. The van der Waals surface area contributed by atoms with Gasteiger partial charge in [-0.25, -0.2) is 0 Å². The van der Waals surface area contributed by atoms with Gasteiger partial charge in [-0.05, 0) is 0 Å². The second-order valence-electron chi connectivity index (χ2n) is 2.10. The molecule has 1 aromatic carbocycles. The molecule has 0 heterocycles. The molecule has 0 amide bonds. The Labute approximate surface area is 92.1 Å². The molecule has 2 nitrogen and oxygen atoms in total. The van der Waals surface area contributed by atoms with E-state index in [4.69, 9.17) is 9.47 Å². The van der Waals surface area contributed by atoms with E-state index in [9.17, 15) is 0 Å². The van der Waals surface area contributed by atoms with Gasteiger partial charge in [-0.2, -0.15) is 0 Å². The van der Waals surface area contributed by atoms with Crippen LogP contribution in [0, 0.1) is 3.57 Å². The fourth-order valence-electron chi connectivity index (χ4n) is 0.814. The van der Waals surface area contributed by atoms with E-state index in [1.54, 1.807) is 14.2 Å². The van der Waals surface area contributed by atoms with Gasteiger partial charge in [0.05, 0.1) is 0 Å². The average Bonchev–Trinajstić information content (AvgIpc) is 2.16. The summed E-state index contributed by atoms with van der Waals surface area (Å²) in [5, 5.41) is 0. The number of rotatable bonds is 3. The molecular weight excluding hydrogens is 382 g/mol. The van der Waals surface area contributed by atoms with E-state index < -0.39 is 0 Å². The fourth-order valence-corrected chi connectivity index (χ4v) is 3.24. The van der Waals surface area contributed by atoms with Gasteiger partial charge in [-0.3, -0.25) is 0 Å². The van der Waals surface area contributed by atoms with Crippen molar-refractivity contribution in [2.45, 2.75) is 0 Å². The SMILES string of the molecule is COc1cc(OC)cc([I-]I)c1. The van der Waals surface area contributed by atoms with Gasteiger partial charge in [0.25, 0.3) is 0 Å². The first-order valence-electron chi connectivity index (χ1n) is 3.29. The zero-order valence-electron chi connectivity index (χ0n) is 6.80. The van der Waals surface area contributed by atoms with E-state index in [0.29, 0.717) is 0 Å². The molecule has 0 spiro atoms. The molecular formula is C8H9I2O2-. The van der Waals surface area contributed by atoms with Crippen LogP contribution in [0.1, 0.15) is 0 Å². The number of hydrogen-bond donors (Lipinski definition) is 0. The van der Waals surface area contributed by atoms with E-state index in [-0.39, 0.29) is 17.2 Å². The maximum atomic E-state index is 5.13. The first-order valence-corrected chi connectivity index (χ1v) is 10.7. The molecule has 4 heteroatoms. The quantitative estimate of drug-likeness (QED) is 0.636. The van der Waals surface area contributed by atoms with Crippen molar-refractivity contribution in [1.82, 2.24) is 0 Å². The number of benzene rings is 1. The number of hydrogen-bond acceptors (Lipinski definition) is 2. The van der Waals surface area contributed by atoms with Gasteiger partial charge < -0.3 is 0 Å². The van der Waals surface area contributed by atoms with Crippen LogP contribution in [0.3, 0.4) is 0 Å². The van der Waals surface area contributed by atoms with Gasteiger partial charge in [0, 0.05) is 0 Å². The van der Waals surface area contributed by atoms with Crippen LogP contribution < -0.4 is 26.7 Å². The van der Waals surface area contributed by atoms with E-state index in [0.717, 1.165) is 11.5 Å². The van der Waals surface area contributed by atoms with Crippen LogP contribution >= 0.6 is 18.6 Å². The molecule has 0 bridgehead atoms. The molecule has 0 fully saturated rings. The van der Waals surface area contributed by atoms with Crippen molar-refractivity contribution < 1.29 is 26.7 Å². The summed E-state index contributed by atoms with van der Waals surface area (Å²) in [7, 11) is 3.34. The minimum absolute atomic E-state index is 0.0736. The Balaban J connectivity index is 3.01. The van der Waals surface area contributed by atoms with E-state index >= 15 is 0 Å². The summed E-state index contributed by atoms with van der Waals surface area (Å²) in [4.78, 5) is 0. The van der Waals surface area contributed by atoms with Gasteiger partial charge in [0.1, 0.15) is 0 Å². The van der Waals surface area contributed by atoms with Gasteiger partial charge in [0.15, 0.2) is 0 Å². The van der Waals surface area contributed by atoms with Crippen molar-refractivity contribution in [3.63, 3.8) is 0 Å². The Bertz CT molecular complexity index is 208. The second-order valence-corrected chi connectivity index (χ2v) is 6.49. The van der Waals surface area contributed by atoms with Crippen molar-refractivity contribution >= 4 is 18.6 Å². The zero-order valence-corrected chi connectivity index (χ0v) is 11.1. The van der Waals surface area contributed by atoms with Gasteiger partial charge in [0.2, 0.25) is 0 Å². The Morgan fingerprint density at radius 2 is 1.58 bits per heavy atom. The van der Waals surface area contributed by atoms with Crippen molar-refractivity contribution in [3.05, 3.63) is 21.8 Å². The topological polar surface area (TPSA) is 18.5 Å². The van der Waals surface area contributed by atoms with Crippen LogP contribution in [0.2, 0.25) is 0 Å². The molecule has 0 unspecified atom stereocenters. The van der Waals surface area contributed by atoms with E-state index in [2.05, 4.69) is 30.7 Å². The third kappa shape index (κ3) is 2.65. The molecule has 0 aliphatic carbocycles. The third-order valence-electron chi connectivity index (χ3n) is 1.40. The number of ether oxygens (including phenoxy) is 2. The summed E-state index contributed by atoms with van der Waals surface area (Å²) in [6.07, 6.45) is 0.